The minimum Gasteiger partial charge on any atom is -0.489 e. The van der Waals surface area contributed by atoms with Gasteiger partial charge in [0.25, 0.3) is 0 Å². The highest BCUT2D eigenvalue weighted by Crippen LogP contribution is 2.40. The predicted molar refractivity (Wildman–Crippen MR) is 126 cm³/mol. The fraction of sp³-hybridized carbons (Fsp3) is 0.577. The highest BCUT2D eigenvalue weighted by molar-refractivity contribution is 6.37. The van der Waals surface area contributed by atoms with Crippen molar-refractivity contribution < 1.29 is 27.4 Å². The van der Waals surface area contributed by atoms with Gasteiger partial charge in [0.05, 0.1) is 29.6 Å². The van der Waals surface area contributed by atoms with Crippen LogP contribution in [0.1, 0.15) is 51.0 Å². The van der Waals surface area contributed by atoms with Gasteiger partial charge in [0.2, 0.25) is 0 Å². The van der Waals surface area contributed by atoms with E-state index in [1.54, 1.807) is 6.07 Å². The maximum atomic E-state index is 12.9. The van der Waals surface area contributed by atoms with Gasteiger partial charge in [0.15, 0.2) is 0 Å². The molecule has 2 aromatic rings. The molecule has 2 fully saturated rings. The fourth-order valence-corrected chi connectivity index (χ4v) is 5.30. The first kappa shape index (κ1) is 25.1. The normalized spacial score (nSPS) is 22.6. The number of ether oxygens (including phenoxy) is 2. The zero-order chi connectivity index (χ0) is 24.3. The lowest BCUT2D eigenvalue weighted by atomic mass is 9.87. The zero-order valence-electron chi connectivity index (χ0n) is 19.4. The molecule has 0 unspecified atom stereocenters. The lowest BCUT2D eigenvalue weighted by Gasteiger charge is -2.31. The summed E-state index contributed by atoms with van der Waals surface area (Å²) in [7, 11) is 0. The Kier molecular flexibility index (Phi) is 7.93. The molecule has 8 heteroatoms. The van der Waals surface area contributed by atoms with E-state index in [9.17, 15) is 18.0 Å². The van der Waals surface area contributed by atoms with Gasteiger partial charge in [-0.25, -0.2) is 0 Å². The van der Waals surface area contributed by atoms with E-state index in [0.29, 0.717) is 30.2 Å². The van der Waals surface area contributed by atoms with Crippen LogP contribution in [0.15, 0.2) is 30.3 Å². The molecule has 0 N–H and O–H groups in total. The van der Waals surface area contributed by atoms with Crippen LogP contribution in [0, 0.1) is 11.8 Å². The topological polar surface area (TPSA) is 38.8 Å². The number of rotatable bonds is 6. The molecular formula is C26H31ClF3NO3. The monoisotopic (exact) mass is 497 g/mol. The second-order valence-corrected chi connectivity index (χ2v) is 9.75. The third-order valence-corrected chi connectivity index (χ3v) is 7.42. The van der Waals surface area contributed by atoms with Crippen LogP contribution in [-0.2, 0) is 16.1 Å². The molecule has 0 atom stereocenters. The number of halogens is 4. The lowest BCUT2D eigenvalue weighted by Crippen LogP contribution is -2.36. The number of alkyl halides is 3. The molecule has 186 valence electrons. The molecule has 0 bridgehead atoms. The molecule has 2 aromatic carbocycles. The second-order valence-electron chi connectivity index (χ2n) is 9.37. The van der Waals surface area contributed by atoms with Gasteiger partial charge in [-0.2, -0.15) is 13.2 Å². The van der Waals surface area contributed by atoms with Crippen LogP contribution in [-0.4, -0.2) is 42.8 Å². The molecule has 4 rings (SSSR count). The molecule has 1 saturated heterocycles. The van der Waals surface area contributed by atoms with Crippen molar-refractivity contribution in [1.29, 1.82) is 0 Å². The Morgan fingerprint density at radius 2 is 1.74 bits per heavy atom. The van der Waals surface area contributed by atoms with Crippen LogP contribution in [0.2, 0.25) is 5.02 Å². The fourth-order valence-electron chi connectivity index (χ4n) is 5.03. The first-order valence-corrected chi connectivity index (χ1v) is 12.5. The molecule has 1 heterocycles. The summed E-state index contributed by atoms with van der Waals surface area (Å²) in [5, 5.41) is 2.36. The van der Waals surface area contributed by atoms with Gasteiger partial charge in [0, 0.05) is 11.9 Å². The Hall–Kier alpha value is -1.99. The lowest BCUT2D eigenvalue weighted by molar-refractivity contribution is -0.185. The smallest absolute Gasteiger partial charge is 0.391 e. The van der Waals surface area contributed by atoms with Gasteiger partial charge < -0.3 is 9.47 Å². The van der Waals surface area contributed by atoms with Gasteiger partial charge in [-0.1, -0.05) is 29.8 Å². The number of fused-ring (bicyclic) bond motifs is 1. The summed E-state index contributed by atoms with van der Waals surface area (Å²) >= 11 is 6.69. The Morgan fingerprint density at radius 3 is 2.38 bits per heavy atom. The van der Waals surface area contributed by atoms with Crippen LogP contribution in [0.3, 0.4) is 0 Å². The molecule has 4 nitrogen and oxygen atoms in total. The number of benzene rings is 2. The first-order chi connectivity index (χ1) is 16.2. The number of nitrogens with zero attached hydrogens (tertiary/aromatic N) is 1. The van der Waals surface area contributed by atoms with E-state index in [0.717, 1.165) is 48.8 Å². The standard InChI is InChI=1S/C26H31ClF3NO3/c1-2-33-25(32)19-11-13-31(14-12-19)16-17-3-4-18-5-10-23(24(27)22(18)15-17)34-21-8-6-20(7-9-21)26(28,29)30/h3-5,10,15,19-21H,2,6-9,11-14,16H2,1H3. The molecule has 1 aliphatic heterocycles. The summed E-state index contributed by atoms with van der Waals surface area (Å²) in [6, 6.07) is 9.91. The van der Waals surface area contributed by atoms with E-state index in [1.807, 2.05) is 19.1 Å². The SMILES string of the molecule is CCOC(=O)C1CCN(Cc2ccc3ccc(OC4CCC(C(F)(F)F)CC4)c(Cl)c3c2)CC1. The maximum Gasteiger partial charge on any atom is 0.391 e. The summed E-state index contributed by atoms with van der Waals surface area (Å²) in [4.78, 5) is 14.3. The van der Waals surface area contributed by atoms with E-state index in [4.69, 9.17) is 21.1 Å². The van der Waals surface area contributed by atoms with Gasteiger partial charge in [-0.3, -0.25) is 9.69 Å². The Bertz CT molecular complexity index is 997. The van der Waals surface area contributed by atoms with Gasteiger partial charge in [-0.15, -0.1) is 0 Å². The summed E-state index contributed by atoms with van der Waals surface area (Å²) in [5.74, 6) is -0.825. The highest BCUT2D eigenvalue weighted by atomic mass is 35.5. The van der Waals surface area contributed by atoms with E-state index >= 15 is 0 Å². The second kappa shape index (κ2) is 10.7. The predicted octanol–water partition coefficient (Wildman–Crippen LogP) is 6.77. The first-order valence-electron chi connectivity index (χ1n) is 12.1. The largest absolute Gasteiger partial charge is 0.489 e. The van der Waals surface area contributed by atoms with Crippen molar-refractivity contribution in [3.63, 3.8) is 0 Å². The molecule has 2 aliphatic rings. The van der Waals surface area contributed by atoms with Crippen LogP contribution < -0.4 is 4.74 Å². The Balaban J connectivity index is 1.39. The van der Waals surface area contributed by atoms with Crippen LogP contribution in [0.25, 0.3) is 10.8 Å². The van der Waals surface area contributed by atoms with E-state index in [1.165, 1.54) is 0 Å². The number of hydrogen-bond acceptors (Lipinski definition) is 4. The number of hydrogen-bond donors (Lipinski definition) is 0. The van der Waals surface area contributed by atoms with Crippen molar-refractivity contribution in [2.75, 3.05) is 19.7 Å². The van der Waals surface area contributed by atoms with Crippen molar-refractivity contribution in [2.45, 2.75) is 64.3 Å². The van der Waals surface area contributed by atoms with Gasteiger partial charge >= 0.3 is 12.1 Å². The summed E-state index contributed by atoms with van der Waals surface area (Å²) in [5.41, 5.74) is 1.12. The molecule has 1 saturated carbocycles. The summed E-state index contributed by atoms with van der Waals surface area (Å²) < 4.78 is 50.0. The van der Waals surface area contributed by atoms with Crippen LogP contribution in [0.5, 0.6) is 5.75 Å². The molecule has 0 spiro atoms. The molecule has 34 heavy (non-hydrogen) atoms. The quantitative estimate of drug-likeness (QED) is 0.413. The number of piperidine rings is 1. The minimum atomic E-state index is -4.13. The van der Waals surface area contributed by atoms with Crippen molar-refractivity contribution in [2.24, 2.45) is 11.8 Å². The number of carbonyl (C=O) groups excluding carboxylic acids is 1. The molecule has 1 aliphatic carbocycles. The molecule has 0 radical (unpaired) electrons. The number of carbonyl (C=O) groups is 1. The highest BCUT2D eigenvalue weighted by Gasteiger charge is 2.41. The third-order valence-electron chi connectivity index (χ3n) is 7.03. The van der Waals surface area contributed by atoms with Crippen molar-refractivity contribution in [3.05, 3.63) is 40.9 Å². The zero-order valence-corrected chi connectivity index (χ0v) is 20.1. The minimum absolute atomic E-state index is 0.0202. The third kappa shape index (κ3) is 5.98. The number of likely N-dealkylation sites (tertiary alicyclic amines) is 1. The van der Waals surface area contributed by atoms with Gasteiger partial charge in [-0.05, 0) is 81.6 Å². The maximum absolute atomic E-state index is 12.9. The van der Waals surface area contributed by atoms with Crippen LogP contribution >= 0.6 is 11.6 Å². The van der Waals surface area contributed by atoms with E-state index < -0.39 is 12.1 Å². The van der Waals surface area contributed by atoms with Crippen LogP contribution in [0.4, 0.5) is 13.2 Å². The molecule has 0 aromatic heterocycles. The number of esters is 1. The Labute approximate surface area is 203 Å². The molecular weight excluding hydrogens is 467 g/mol. The van der Waals surface area contributed by atoms with E-state index in [2.05, 4.69) is 17.0 Å². The average Bonchev–Trinajstić information content (AvgIpc) is 2.81. The van der Waals surface area contributed by atoms with E-state index in [-0.39, 0.29) is 30.8 Å². The summed E-state index contributed by atoms with van der Waals surface area (Å²) in [6.45, 7) is 4.66. The average molecular weight is 498 g/mol. The van der Waals surface area contributed by atoms with Gasteiger partial charge in [0.1, 0.15) is 5.75 Å². The van der Waals surface area contributed by atoms with Crippen molar-refractivity contribution in [3.8, 4) is 5.75 Å². The Morgan fingerprint density at radius 1 is 1.06 bits per heavy atom. The summed E-state index contributed by atoms with van der Waals surface area (Å²) in [6.07, 6.45) is -1.86. The van der Waals surface area contributed by atoms with Crippen molar-refractivity contribution in [1.82, 2.24) is 4.90 Å². The molecule has 0 amide bonds. The van der Waals surface area contributed by atoms with Crippen molar-refractivity contribution >= 4 is 28.3 Å².